The Morgan fingerprint density at radius 1 is 0.684 bits per heavy atom. The highest BCUT2D eigenvalue weighted by Gasteiger charge is 2.26. The van der Waals surface area contributed by atoms with Crippen LogP contribution in [0.15, 0.2) is 78.9 Å². The molecule has 0 saturated carbocycles. The fourth-order valence-electron chi connectivity index (χ4n) is 5.82. The number of hydrogen-bond acceptors (Lipinski definition) is 6. The van der Waals surface area contributed by atoms with Crippen molar-refractivity contribution in [2.45, 2.75) is 6.54 Å². The molecule has 0 aliphatic carbocycles. The second-order valence-corrected chi connectivity index (χ2v) is 10.4. The Labute approximate surface area is 226 Å². The van der Waals surface area contributed by atoms with Crippen LogP contribution in [0.2, 0.25) is 0 Å². The van der Waals surface area contributed by atoms with E-state index in [0.717, 1.165) is 76.2 Å². The summed E-state index contributed by atoms with van der Waals surface area (Å²) in [5.74, 6) is 2.10. The lowest BCUT2D eigenvalue weighted by Gasteiger charge is -2.38. The Morgan fingerprint density at radius 3 is 2.05 bits per heavy atom. The summed E-state index contributed by atoms with van der Waals surface area (Å²) in [6.07, 6.45) is 0. The average Bonchev–Trinajstić information content (AvgIpc) is 2.98. The number of piperazine rings is 2. The smallest absolute Gasteiger partial charge is 0.142 e. The molecule has 4 aromatic rings. The average molecular weight is 508 g/mol. The molecule has 0 N–H and O–H groups in total. The Hall–Kier alpha value is -3.61. The van der Waals surface area contributed by atoms with Crippen molar-refractivity contribution >= 4 is 22.3 Å². The van der Waals surface area contributed by atoms with Gasteiger partial charge in [0.1, 0.15) is 11.6 Å². The lowest BCUT2D eigenvalue weighted by molar-refractivity contribution is 0.249. The molecule has 196 valence electrons. The molecule has 0 atom stereocenters. The molecule has 2 aliphatic heterocycles. The van der Waals surface area contributed by atoms with Crippen LogP contribution in [0.4, 0.5) is 11.5 Å². The van der Waals surface area contributed by atoms with Crippen molar-refractivity contribution in [2.24, 2.45) is 0 Å². The van der Waals surface area contributed by atoms with Crippen LogP contribution >= 0.6 is 0 Å². The molecule has 3 aromatic carbocycles. The first-order valence-electron chi connectivity index (χ1n) is 13.7. The number of fused-ring (bicyclic) bond motifs is 1. The molecule has 0 amide bonds. The molecule has 2 aliphatic rings. The largest absolute Gasteiger partial charge is 0.495 e. The van der Waals surface area contributed by atoms with Crippen molar-refractivity contribution in [1.82, 2.24) is 14.8 Å². The topological polar surface area (TPSA) is 35.1 Å². The van der Waals surface area contributed by atoms with Gasteiger partial charge in [0, 0.05) is 75.4 Å². The van der Waals surface area contributed by atoms with Crippen molar-refractivity contribution in [3.05, 3.63) is 84.4 Å². The number of methoxy groups -OCH3 is 1. The van der Waals surface area contributed by atoms with Crippen molar-refractivity contribution < 1.29 is 4.74 Å². The van der Waals surface area contributed by atoms with E-state index in [1.165, 1.54) is 27.6 Å². The van der Waals surface area contributed by atoms with Gasteiger partial charge >= 0.3 is 0 Å². The minimum atomic E-state index is 0.907. The molecule has 0 spiro atoms. The third-order valence-corrected chi connectivity index (χ3v) is 8.02. The van der Waals surface area contributed by atoms with Crippen molar-refractivity contribution in [1.29, 1.82) is 0 Å². The third kappa shape index (κ3) is 4.94. The normalized spacial score (nSPS) is 17.2. The molecule has 0 bridgehead atoms. The van der Waals surface area contributed by atoms with Gasteiger partial charge in [-0.15, -0.1) is 0 Å². The summed E-state index contributed by atoms with van der Waals surface area (Å²) in [7, 11) is 3.97. The van der Waals surface area contributed by atoms with E-state index in [-0.39, 0.29) is 0 Å². The zero-order valence-electron chi connectivity index (χ0n) is 22.5. The van der Waals surface area contributed by atoms with Crippen LogP contribution in [0.1, 0.15) is 5.56 Å². The van der Waals surface area contributed by atoms with Crippen LogP contribution in [-0.2, 0) is 6.54 Å². The summed E-state index contributed by atoms with van der Waals surface area (Å²) in [6, 6.07) is 27.8. The van der Waals surface area contributed by atoms with E-state index in [1.54, 1.807) is 7.11 Å². The van der Waals surface area contributed by atoms with Gasteiger partial charge in [0.2, 0.25) is 0 Å². The molecule has 0 radical (unpaired) electrons. The molecule has 2 saturated heterocycles. The van der Waals surface area contributed by atoms with E-state index in [9.17, 15) is 0 Å². The number of anilines is 2. The molecule has 38 heavy (non-hydrogen) atoms. The first-order chi connectivity index (χ1) is 18.7. The van der Waals surface area contributed by atoms with Gasteiger partial charge in [-0.3, -0.25) is 4.90 Å². The molecule has 1 aromatic heterocycles. The van der Waals surface area contributed by atoms with Crippen LogP contribution < -0.4 is 14.5 Å². The van der Waals surface area contributed by atoms with E-state index in [2.05, 4.69) is 99.4 Å². The maximum absolute atomic E-state index is 5.63. The summed E-state index contributed by atoms with van der Waals surface area (Å²) < 4.78 is 5.63. The SMILES string of the molecule is COc1ccccc1N1CCN(Cc2c(N3CCN(C)CC3)nc(-c3ccccc3)c3ccccc23)CC1. The number of para-hydroxylation sites is 2. The van der Waals surface area contributed by atoms with Crippen LogP contribution in [0.25, 0.3) is 22.0 Å². The Balaban J connectivity index is 1.34. The van der Waals surface area contributed by atoms with E-state index >= 15 is 0 Å². The zero-order valence-corrected chi connectivity index (χ0v) is 22.5. The monoisotopic (exact) mass is 507 g/mol. The number of nitrogens with zero attached hydrogens (tertiary/aromatic N) is 5. The van der Waals surface area contributed by atoms with Gasteiger partial charge in [0.25, 0.3) is 0 Å². The van der Waals surface area contributed by atoms with Gasteiger partial charge in [-0.2, -0.15) is 0 Å². The highest BCUT2D eigenvalue weighted by Crippen LogP contribution is 2.36. The number of hydrogen-bond donors (Lipinski definition) is 0. The van der Waals surface area contributed by atoms with Gasteiger partial charge in [-0.25, -0.2) is 4.98 Å². The second-order valence-electron chi connectivity index (χ2n) is 10.4. The number of rotatable bonds is 6. The summed E-state index contributed by atoms with van der Waals surface area (Å²) in [5.41, 5.74) is 4.80. The first-order valence-corrected chi connectivity index (χ1v) is 13.7. The van der Waals surface area contributed by atoms with Gasteiger partial charge < -0.3 is 19.4 Å². The molecule has 0 unspecified atom stereocenters. The Kier molecular flexibility index (Phi) is 7.16. The standard InChI is InChI=1S/C32H37N5O/c1-34-16-20-37(21-17-34)32-28(24-35-18-22-36(23-19-35)29-14-8-9-15-30(29)38-2)26-12-6-7-13-27(26)31(33-32)25-10-4-3-5-11-25/h3-15H,16-24H2,1-2H3. The number of benzene rings is 3. The maximum atomic E-state index is 5.63. The lowest BCUT2D eigenvalue weighted by atomic mass is 9.99. The van der Waals surface area contributed by atoms with Crippen LogP contribution in [0.3, 0.4) is 0 Å². The summed E-state index contributed by atoms with van der Waals surface area (Å²) in [4.78, 5) is 15.4. The quantitative estimate of drug-likeness (QED) is 0.366. The fourth-order valence-corrected chi connectivity index (χ4v) is 5.82. The van der Waals surface area contributed by atoms with Crippen molar-refractivity contribution in [3.8, 4) is 17.0 Å². The number of ether oxygens (including phenoxy) is 1. The summed E-state index contributed by atoms with van der Waals surface area (Å²) in [5, 5.41) is 2.56. The highest BCUT2D eigenvalue weighted by atomic mass is 16.5. The molecule has 3 heterocycles. The maximum Gasteiger partial charge on any atom is 0.142 e. The van der Waals surface area contributed by atoms with Crippen molar-refractivity contribution in [3.63, 3.8) is 0 Å². The molecular formula is C32H37N5O. The predicted octanol–water partition coefficient (Wildman–Crippen LogP) is 4.98. The molecule has 6 rings (SSSR count). The van der Waals surface area contributed by atoms with Gasteiger partial charge in [-0.1, -0.05) is 66.7 Å². The summed E-state index contributed by atoms with van der Waals surface area (Å²) >= 11 is 0. The third-order valence-electron chi connectivity index (χ3n) is 8.02. The zero-order chi connectivity index (χ0) is 25.9. The summed E-state index contributed by atoms with van der Waals surface area (Å²) in [6.45, 7) is 9.02. The Bertz CT molecular complexity index is 1380. The fraction of sp³-hybridized carbons (Fsp3) is 0.344. The van der Waals surface area contributed by atoms with Crippen LogP contribution in [-0.4, -0.2) is 81.3 Å². The molecular weight excluding hydrogens is 470 g/mol. The molecule has 2 fully saturated rings. The number of likely N-dealkylation sites (N-methyl/N-ethyl adjacent to an activating group) is 1. The van der Waals surface area contributed by atoms with Gasteiger partial charge in [0.15, 0.2) is 0 Å². The van der Waals surface area contributed by atoms with E-state index in [0.29, 0.717) is 0 Å². The highest BCUT2D eigenvalue weighted by molar-refractivity contribution is 5.99. The van der Waals surface area contributed by atoms with Crippen molar-refractivity contribution in [2.75, 3.05) is 76.3 Å². The van der Waals surface area contributed by atoms with Gasteiger partial charge in [0.05, 0.1) is 18.5 Å². The number of aromatic nitrogens is 1. The Morgan fingerprint density at radius 2 is 1.32 bits per heavy atom. The van der Waals surface area contributed by atoms with Crippen LogP contribution in [0.5, 0.6) is 5.75 Å². The van der Waals surface area contributed by atoms with Crippen LogP contribution in [0, 0.1) is 0 Å². The second kappa shape index (κ2) is 11.0. The minimum absolute atomic E-state index is 0.907. The lowest BCUT2D eigenvalue weighted by Crippen LogP contribution is -2.47. The minimum Gasteiger partial charge on any atom is -0.495 e. The number of pyridine rings is 1. The van der Waals surface area contributed by atoms with E-state index in [4.69, 9.17) is 9.72 Å². The van der Waals surface area contributed by atoms with Gasteiger partial charge in [-0.05, 0) is 24.6 Å². The molecule has 6 nitrogen and oxygen atoms in total. The predicted molar refractivity (Wildman–Crippen MR) is 157 cm³/mol. The molecule has 6 heteroatoms. The first kappa shape index (κ1) is 24.7. The van der Waals surface area contributed by atoms with E-state index in [1.807, 2.05) is 6.07 Å². The van der Waals surface area contributed by atoms with E-state index < -0.39 is 0 Å².